The third kappa shape index (κ3) is 3.54. The number of carbonyl (C=O) groups is 2. The fraction of sp³-hybridized carbons (Fsp3) is 0.294. The molecular formula is C17H17NO3S. The number of amides is 1. The third-order valence-corrected chi connectivity index (χ3v) is 4.60. The topological polar surface area (TPSA) is 57.6 Å². The summed E-state index contributed by atoms with van der Waals surface area (Å²) in [5, 5.41) is 11.0. The maximum absolute atomic E-state index is 12.6. The number of hydrogen-bond acceptors (Lipinski definition) is 3. The molecule has 114 valence electrons. The first-order valence-electron chi connectivity index (χ1n) is 7.27. The fourth-order valence-corrected chi connectivity index (χ4v) is 3.17. The normalized spacial score (nSPS) is 13.8. The van der Waals surface area contributed by atoms with Gasteiger partial charge in [-0.25, -0.2) is 4.79 Å². The molecule has 2 aromatic rings. The summed E-state index contributed by atoms with van der Waals surface area (Å²) in [7, 11) is 0. The zero-order valence-electron chi connectivity index (χ0n) is 12.1. The Morgan fingerprint density at radius 3 is 2.68 bits per heavy atom. The van der Waals surface area contributed by atoms with Crippen LogP contribution in [0.25, 0.3) is 0 Å². The molecule has 0 unspecified atom stereocenters. The van der Waals surface area contributed by atoms with Gasteiger partial charge in [0, 0.05) is 10.9 Å². The van der Waals surface area contributed by atoms with Crippen LogP contribution in [0, 0.1) is 0 Å². The van der Waals surface area contributed by atoms with E-state index in [0.29, 0.717) is 12.6 Å². The van der Waals surface area contributed by atoms with Crippen LogP contribution < -0.4 is 0 Å². The molecule has 0 bridgehead atoms. The lowest BCUT2D eigenvalue weighted by molar-refractivity contribution is -0.131. The molecule has 1 aliphatic carbocycles. The van der Waals surface area contributed by atoms with Crippen LogP contribution in [-0.4, -0.2) is 27.9 Å². The van der Waals surface area contributed by atoms with Gasteiger partial charge in [-0.1, -0.05) is 18.2 Å². The number of hydrogen-bond donors (Lipinski definition) is 1. The van der Waals surface area contributed by atoms with Crippen molar-refractivity contribution in [3.8, 4) is 0 Å². The lowest BCUT2D eigenvalue weighted by atomic mass is 10.1. The van der Waals surface area contributed by atoms with E-state index in [9.17, 15) is 9.59 Å². The van der Waals surface area contributed by atoms with Crippen LogP contribution in [-0.2, 0) is 17.8 Å². The van der Waals surface area contributed by atoms with Gasteiger partial charge >= 0.3 is 5.97 Å². The smallest absolute Gasteiger partial charge is 0.335 e. The number of rotatable bonds is 6. The Morgan fingerprint density at radius 2 is 2.05 bits per heavy atom. The first kappa shape index (κ1) is 14.8. The number of benzene rings is 1. The number of nitrogens with zero attached hydrogens (tertiary/aromatic N) is 1. The van der Waals surface area contributed by atoms with Gasteiger partial charge in [0.15, 0.2) is 0 Å². The van der Waals surface area contributed by atoms with Gasteiger partial charge in [0.1, 0.15) is 0 Å². The van der Waals surface area contributed by atoms with Crippen LogP contribution in [0.5, 0.6) is 0 Å². The molecule has 1 aromatic heterocycles. The quantitative estimate of drug-likeness (QED) is 0.890. The Hall–Kier alpha value is -2.14. The van der Waals surface area contributed by atoms with Crippen LogP contribution in [0.3, 0.4) is 0 Å². The van der Waals surface area contributed by atoms with Gasteiger partial charge in [-0.2, -0.15) is 0 Å². The average Bonchev–Trinajstić information content (AvgIpc) is 3.21. The van der Waals surface area contributed by atoms with Crippen molar-refractivity contribution in [2.75, 3.05) is 0 Å². The van der Waals surface area contributed by atoms with E-state index in [1.807, 2.05) is 22.4 Å². The molecule has 1 aromatic carbocycles. The van der Waals surface area contributed by atoms with E-state index < -0.39 is 5.97 Å². The third-order valence-electron chi connectivity index (χ3n) is 3.74. The van der Waals surface area contributed by atoms with Crippen molar-refractivity contribution < 1.29 is 14.7 Å². The molecule has 1 N–H and O–H groups in total. The Bertz CT molecular complexity index is 677. The molecule has 3 rings (SSSR count). The van der Waals surface area contributed by atoms with E-state index in [0.717, 1.165) is 18.4 Å². The van der Waals surface area contributed by atoms with E-state index >= 15 is 0 Å². The van der Waals surface area contributed by atoms with Crippen LogP contribution in [0.15, 0.2) is 41.8 Å². The highest BCUT2D eigenvalue weighted by molar-refractivity contribution is 7.09. The van der Waals surface area contributed by atoms with Crippen LogP contribution in [0.4, 0.5) is 0 Å². The summed E-state index contributed by atoms with van der Waals surface area (Å²) in [5.74, 6) is -0.898. The minimum atomic E-state index is -0.966. The van der Waals surface area contributed by atoms with Gasteiger partial charge in [0.05, 0.1) is 18.5 Å². The van der Waals surface area contributed by atoms with E-state index in [1.54, 1.807) is 35.6 Å². The van der Waals surface area contributed by atoms with E-state index in [-0.39, 0.29) is 17.9 Å². The van der Waals surface area contributed by atoms with Crippen LogP contribution in [0.2, 0.25) is 0 Å². The maximum atomic E-state index is 12.6. The summed E-state index contributed by atoms with van der Waals surface area (Å²) in [6.07, 6.45) is 2.38. The van der Waals surface area contributed by atoms with Crippen molar-refractivity contribution in [2.45, 2.75) is 31.8 Å². The second kappa shape index (κ2) is 6.32. The molecule has 0 saturated heterocycles. The largest absolute Gasteiger partial charge is 0.478 e. The second-order valence-corrected chi connectivity index (χ2v) is 6.55. The van der Waals surface area contributed by atoms with Crippen molar-refractivity contribution >= 4 is 23.2 Å². The SMILES string of the molecule is O=C(O)c1cccc(CC(=O)N(Cc2cccs2)C2CC2)c1. The maximum Gasteiger partial charge on any atom is 0.335 e. The van der Waals surface area contributed by atoms with Crippen LogP contribution >= 0.6 is 11.3 Å². The lowest BCUT2D eigenvalue weighted by Crippen LogP contribution is -2.33. The molecule has 0 spiro atoms. The summed E-state index contributed by atoms with van der Waals surface area (Å²) in [6, 6.07) is 11.0. The molecule has 0 atom stereocenters. The van der Waals surface area contributed by atoms with Crippen molar-refractivity contribution in [3.63, 3.8) is 0 Å². The summed E-state index contributed by atoms with van der Waals surface area (Å²) in [5.41, 5.74) is 0.975. The fourth-order valence-electron chi connectivity index (χ4n) is 2.47. The Labute approximate surface area is 133 Å². The van der Waals surface area contributed by atoms with Crippen molar-refractivity contribution in [1.29, 1.82) is 0 Å². The Kier molecular flexibility index (Phi) is 4.24. The van der Waals surface area contributed by atoms with Crippen molar-refractivity contribution in [3.05, 3.63) is 57.8 Å². The van der Waals surface area contributed by atoms with Gasteiger partial charge in [0.2, 0.25) is 5.91 Å². The molecule has 5 heteroatoms. The predicted molar refractivity (Wildman–Crippen MR) is 85.0 cm³/mol. The van der Waals surface area contributed by atoms with E-state index in [4.69, 9.17) is 5.11 Å². The van der Waals surface area contributed by atoms with E-state index in [1.165, 1.54) is 4.88 Å². The molecule has 1 amide bonds. The molecular weight excluding hydrogens is 298 g/mol. The van der Waals surface area contributed by atoms with E-state index in [2.05, 4.69) is 0 Å². The molecule has 1 heterocycles. The monoisotopic (exact) mass is 315 g/mol. The minimum absolute atomic E-state index is 0.0680. The number of carbonyl (C=O) groups excluding carboxylic acids is 1. The molecule has 0 radical (unpaired) electrons. The number of carboxylic acids is 1. The summed E-state index contributed by atoms with van der Waals surface area (Å²) >= 11 is 1.65. The van der Waals surface area contributed by atoms with Gasteiger partial charge in [0.25, 0.3) is 0 Å². The molecule has 0 aliphatic heterocycles. The number of aromatic carboxylic acids is 1. The first-order chi connectivity index (χ1) is 10.6. The highest BCUT2D eigenvalue weighted by atomic mass is 32.1. The van der Waals surface area contributed by atoms with Gasteiger partial charge in [-0.15, -0.1) is 11.3 Å². The number of thiophene rings is 1. The van der Waals surface area contributed by atoms with Crippen molar-refractivity contribution in [2.24, 2.45) is 0 Å². The highest BCUT2D eigenvalue weighted by Crippen LogP contribution is 2.29. The van der Waals surface area contributed by atoms with Gasteiger partial charge < -0.3 is 10.0 Å². The highest BCUT2D eigenvalue weighted by Gasteiger charge is 2.32. The molecule has 1 fully saturated rings. The Morgan fingerprint density at radius 1 is 1.23 bits per heavy atom. The number of carboxylic acid groups (broad SMARTS) is 1. The zero-order valence-corrected chi connectivity index (χ0v) is 12.9. The van der Waals surface area contributed by atoms with Crippen molar-refractivity contribution in [1.82, 2.24) is 4.90 Å². The first-order valence-corrected chi connectivity index (χ1v) is 8.15. The Balaban J connectivity index is 1.71. The standard InChI is InChI=1S/C17H17NO3S/c19-16(10-12-3-1-4-13(9-12)17(20)21)18(14-6-7-14)11-15-5-2-8-22-15/h1-5,8-9,14H,6-7,10-11H2,(H,20,21). The molecule has 4 nitrogen and oxygen atoms in total. The second-order valence-electron chi connectivity index (χ2n) is 5.51. The molecule has 1 aliphatic rings. The minimum Gasteiger partial charge on any atom is -0.478 e. The molecule has 22 heavy (non-hydrogen) atoms. The lowest BCUT2D eigenvalue weighted by Gasteiger charge is -2.22. The zero-order chi connectivity index (χ0) is 15.5. The summed E-state index contributed by atoms with van der Waals surface area (Å²) < 4.78 is 0. The molecule has 1 saturated carbocycles. The predicted octanol–water partition coefficient (Wildman–Crippen LogP) is 3.18. The summed E-state index contributed by atoms with van der Waals surface area (Å²) in [6.45, 7) is 0.653. The van der Waals surface area contributed by atoms with Gasteiger partial charge in [-0.3, -0.25) is 4.79 Å². The van der Waals surface area contributed by atoms with Gasteiger partial charge in [-0.05, 0) is 42.0 Å². The average molecular weight is 315 g/mol. The summed E-state index contributed by atoms with van der Waals surface area (Å²) in [4.78, 5) is 26.7. The van der Waals surface area contributed by atoms with Crippen LogP contribution in [0.1, 0.15) is 33.6 Å².